The standard InChI is InChI=1S/C28H27F3N6OS/c1-3-21-6-4-5-19(2)25(21)37-15-16-39-27(37)36-35-17-20-7-9-22(10-8-20)26(32)34-18-33-23-11-13-24(14-12-23)38-28(29,30)31/h4-14,17-18H,3,15-16H2,1-2H3,(H2,32,33,34)/b35-17-,36-27+. The Balaban J connectivity index is 1.38. The van der Waals surface area contributed by atoms with Crippen LogP contribution in [0.25, 0.3) is 0 Å². The molecular formula is C28H27F3N6OS. The molecular weight excluding hydrogens is 525 g/mol. The third-order valence-electron chi connectivity index (χ3n) is 5.78. The Labute approximate surface area is 229 Å². The van der Waals surface area contributed by atoms with E-state index in [0.717, 1.165) is 29.4 Å². The molecule has 4 rings (SSSR count). The lowest BCUT2D eigenvalue weighted by molar-refractivity contribution is -0.274. The van der Waals surface area contributed by atoms with Crippen molar-refractivity contribution in [3.63, 3.8) is 0 Å². The summed E-state index contributed by atoms with van der Waals surface area (Å²) in [6.45, 7) is 5.17. The second-order valence-corrected chi connectivity index (χ2v) is 9.55. The van der Waals surface area contributed by atoms with Gasteiger partial charge in [-0.1, -0.05) is 61.2 Å². The zero-order chi connectivity index (χ0) is 27.8. The van der Waals surface area contributed by atoms with Crippen molar-refractivity contribution < 1.29 is 17.9 Å². The summed E-state index contributed by atoms with van der Waals surface area (Å²) in [7, 11) is 0. The molecule has 0 saturated carbocycles. The molecule has 11 heteroatoms. The Kier molecular flexibility index (Phi) is 9.03. The third kappa shape index (κ3) is 7.70. The molecule has 39 heavy (non-hydrogen) atoms. The molecule has 0 amide bonds. The van der Waals surface area contributed by atoms with Crippen molar-refractivity contribution in [2.75, 3.05) is 17.2 Å². The molecule has 1 aliphatic heterocycles. The van der Waals surface area contributed by atoms with Crippen LogP contribution in [0.4, 0.5) is 24.5 Å². The number of alkyl halides is 3. The number of anilines is 1. The average molecular weight is 553 g/mol. The minimum Gasteiger partial charge on any atom is -0.406 e. The number of ether oxygens (including phenoxy) is 1. The van der Waals surface area contributed by atoms with E-state index in [1.807, 2.05) is 24.3 Å². The van der Waals surface area contributed by atoms with E-state index in [9.17, 15) is 13.2 Å². The summed E-state index contributed by atoms with van der Waals surface area (Å²) >= 11 is 1.69. The van der Waals surface area contributed by atoms with Gasteiger partial charge < -0.3 is 15.4 Å². The molecule has 202 valence electrons. The molecule has 0 aliphatic carbocycles. The highest BCUT2D eigenvalue weighted by Crippen LogP contribution is 2.32. The number of halogens is 3. The highest BCUT2D eigenvalue weighted by molar-refractivity contribution is 8.14. The van der Waals surface area contributed by atoms with Gasteiger partial charge in [-0.2, -0.15) is 5.10 Å². The Hall–Kier alpha value is -4.12. The van der Waals surface area contributed by atoms with Crippen LogP contribution in [0.3, 0.4) is 0 Å². The number of nitrogens with zero attached hydrogens (tertiary/aromatic N) is 5. The first kappa shape index (κ1) is 27.9. The predicted molar refractivity (Wildman–Crippen MR) is 154 cm³/mol. The summed E-state index contributed by atoms with van der Waals surface area (Å²) in [5.74, 6) is 0.874. The minimum atomic E-state index is -4.74. The van der Waals surface area contributed by atoms with Gasteiger partial charge in [0.2, 0.25) is 0 Å². The van der Waals surface area contributed by atoms with Crippen molar-refractivity contribution in [1.82, 2.24) is 0 Å². The van der Waals surface area contributed by atoms with Crippen LogP contribution in [-0.2, 0) is 6.42 Å². The van der Waals surface area contributed by atoms with E-state index in [1.165, 1.54) is 47.4 Å². The second-order valence-electron chi connectivity index (χ2n) is 8.49. The van der Waals surface area contributed by atoms with Gasteiger partial charge in [0.1, 0.15) is 17.9 Å². The minimum absolute atomic E-state index is 0.238. The largest absolute Gasteiger partial charge is 0.573 e. The van der Waals surface area contributed by atoms with Crippen LogP contribution in [0, 0.1) is 6.92 Å². The van der Waals surface area contributed by atoms with Crippen LogP contribution in [0.5, 0.6) is 5.75 Å². The summed E-state index contributed by atoms with van der Waals surface area (Å²) in [5, 5.41) is 9.68. The fourth-order valence-corrected chi connectivity index (χ4v) is 4.83. The zero-order valence-corrected chi connectivity index (χ0v) is 22.2. The molecule has 7 nitrogen and oxygen atoms in total. The van der Waals surface area contributed by atoms with Gasteiger partial charge in [0.05, 0.1) is 11.9 Å². The van der Waals surface area contributed by atoms with E-state index >= 15 is 0 Å². The fraction of sp³-hybridized carbons (Fsp3) is 0.214. The number of hydrogen-bond acceptors (Lipinski definition) is 5. The Morgan fingerprint density at radius 1 is 1.08 bits per heavy atom. The van der Waals surface area contributed by atoms with Gasteiger partial charge in [-0.05, 0) is 54.3 Å². The van der Waals surface area contributed by atoms with Crippen LogP contribution >= 0.6 is 11.8 Å². The first-order chi connectivity index (χ1) is 18.7. The van der Waals surface area contributed by atoms with Crippen molar-refractivity contribution in [2.45, 2.75) is 26.6 Å². The summed E-state index contributed by atoms with van der Waals surface area (Å²) in [6.07, 6.45) is -0.861. The normalized spacial score (nSPS) is 15.7. The summed E-state index contributed by atoms with van der Waals surface area (Å²) in [6, 6.07) is 18.8. The Morgan fingerprint density at radius 2 is 1.82 bits per heavy atom. The van der Waals surface area contributed by atoms with Gasteiger partial charge in [-0.15, -0.1) is 18.3 Å². The van der Waals surface area contributed by atoms with E-state index in [0.29, 0.717) is 11.3 Å². The molecule has 3 aromatic carbocycles. The lowest BCUT2D eigenvalue weighted by atomic mass is 10.0. The molecule has 0 bridgehead atoms. The molecule has 0 aromatic heterocycles. The lowest BCUT2D eigenvalue weighted by Gasteiger charge is -2.22. The highest BCUT2D eigenvalue weighted by atomic mass is 32.2. The van der Waals surface area contributed by atoms with Crippen molar-refractivity contribution in [2.24, 2.45) is 25.9 Å². The number of nitrogens with two attached hydrogens (primary N) is 1. The molecule has 3 aromatic rings. The number of rotatable bonds is 8. The number of aryl methyl sites for hydroxylation is 2. The monoisotopic (exact) mass is 552 g/mol. The van der Waals surface area contributed by atoms with Gasteiger partial charge in [0.25, 0.3) is 0 Å². The summed E-state index contributed by atoms with van der Waals surface area (Å²) < 4.78 is 40.6. The number of thioether (sulfide) groups is 1. The molecule has 0 spiro atoms. The van der Waals surface area contributed by atoms with Crippen LogP contribution in [0.1, 0.15) is 29.2 Å². The Bertz CT molecular complexity index is 1400. The number of hydrogen-bond donors (Lipinski definition) is 1. The van der Waals surface area contributed by atoms with Gasteiger partial charge in [-0.25, -0.2) is 9.98 Å². The highest BCUT2D eigenvalue weighted by Gasteiger charge is 2.31. The van der Waals surface area contributed by atoms with Crippen LogP contribution < -0.4 is 15.4 Å². The lowest BCUT2D eigenvalue weighted by Crippen LogP contribution is -2.25. The van der Waals surface area contributed by atoms with Gasteiger partial charge in [0, 0.05) is 23.5 Å². The second kappa shape index (κ2) is 12.6. The molecule has 0 radical (unpaired) electrons. The maximum Gasteiger partial charge on any atom is 0.573 e. The van der Waals surface area contributed by atoms with Crippen molar-refractivity contribution in [3.05, 3.63) is 89.0 Å². The fourth-order valence-electron chi connectivity index (χ4n) is 3.93. The molecule has 0 unspecified atom stereocenters. The van der Waals surface area contributed by atoms with Crippen LogP contribution in [0.15, 0.2) is 86.9 Å². The van der Waals surface area contributed by atoms with E-state index < -0.39 is 6.36 Å². The number of benzene rings is 3. The van der Waals surface area contributed by atoms with Gasteiger partial charge >= 0.3 is 6.36 Å². The number of aliphatic imine (C=N–C) groups is 2. The predicted octanol–water partition coefficient (Wildman–Crippen LogP) is 6.46. The topological polar surface area (TPSA) is 87.9 Å². The quantitative estimate of drug-likeness (QED) is 0.197. The third-order valence-corrected chi connectivity index (χ3v) is 6.73. The maximum absolute atomic E-state index is 12.3. The molecule has 1 heterocycles. The van der Waals surface area contributed by atoms with Crippen molar-refractivity contribution >= 4 is 46.7 Å². The maximum atomic E-state index is 12.3. The first-order valence-corrected chi connectivity index (χ1v) is 13.1. The molecule has 0 atom stereocenters. The van der Waals surface area contributed by atoms with E-state index in [2.05, 4.69) is 61.9 Å². The van der Waals surface area contributed by atoms with E-state index in [-0.39, 0.29) is 11.6 Å². The van der Waals surface area contributed by atoms with Crippen molar-refractivity contribution in [1.29, 1.82) is 0 Å². The molecule has 1 aliphatic rings. The first-order valence-electron chi connectivity index (χ1n) is 12.2. The van der Waals surface area contributed by atoms with Crippen LogP contribution in [0.2, 0.25) is 0 Å². The van der Waals surface area contributed by atoms with Gasteiger partial charge in [0.15, 0.2) is 5.17 Å². The number of amidine groups is 2. The molecule has 1 saturated heterocycles. The van der Waals surface area contributed by atoms with Gasteiger partial charge in [-0.3, -0.25) is 0 Å². The number of para-hydroxylation sites is 1. The molecule has 1 fully saturated rings. The zero-order valence-electron chi connectivity index (χ0n) is 21.4. The summed E-state index contributed by atoms with van der Waals surface area (Å²) in [5.41, 5.74) is 11.7. The molecule has 2 N–H and O–H groups in total. The van der Waals surface area contributed by atoms with Crippen LogP contribution in [-0.4, -0.2) is 42.2 Å². The van der Waals surface area contributed by atoms with E-state index in [1.54, 1.807) is 18.0 Å². The smallest absolute Gasteiger partial charge is 0.406 e. The Morgan fingerprint density at radius 3 is 2.51 bits per heavy atom. The van der Waals surface area contributed by atoms with E-state index in [4.69, 9.17) is 5.73 Å². The average Bonchev–Trinajstić information content (AvgIpc) is 3.37. The summed E-state index contributed by atoms with van der Waals surface area (Å²) in [4.78, 5) is 10.4. The SMILES string of the molecule is CCc1cccc(C)c1N1CCS/C1=N/N=C\c1ccc(C(N)=NC=Nc2ccc(OC(F)(F)F)cc2)cc1. The van der Waals surface area contributed by atoms with Crippen molar-refractivity contribution in [3.8, 4) is 5.75 Å².